The Hall–Kier alpha value is -2.61. The average molecular weight is 445 g/mol. The second kappa shape index (κ2) is 11.1. The third kappa shape index (κ3) is 6.95. The van der Waals surface area contributed by atoms with E-state index in [1.807, 2.05) is 0 Å². The van der Waals surface area contributed by atoms with Crippen molar-refractivity contribution in [1.82, 2.24) is 19.7 Å². The molecule has 0 spiro atoms. The Morgan fingerprint density at radius 3 is 3.03 bits per heavy atom. The zero-order valence-corrected chi connectivity index (χ0v) is 18.6. The fraction of sp³-hybridized carbons (Fsp3) is 0.524. The Morgan fingerprint density at radius 1 is 1.42 bits per heavy atom. The van der Waals surface area contributed by atoms with Crippen LogP contribution in [-0.4, -0.2) is 42.4 Å². The quantitative estimate of drug-likeness (QED) is 0.448. The lowest BCUT2D eigenvalue weighted by Crippen LogP contribution is -2.20. The first-order chi connectivity index (χ1) is 14.9. The van der Waals surface area contributed by atoms with Gasteiger partial charge in [-0.15, -0.1) is 5.92 Å². The van der Waals surface area contributed by atoms with Crippen molar-refractivity contribution in [1.29, 1.82) is 0 Å². The maximum Gasteiger partial charge on any atom is 0.231 e. The summed E-state index contributed by atoms with van der Waals surface area (Å²) in [6, 6.07) is 1.81. The number of rotatable bonds is 9. The summed E-state index contributed by atoms with van der Waals surface area (Å²) in [6.45, 7) is 5.04. The van der Waals surface area contributed by atoms with Crippen molar-refractivity contribution >= 4 is 22.9 Å². The van der Waals surface area contributed by atoms with Crippen LogP contribution in [0, 0.1) is 23.7 Å². The molecule has 31 heavy (non-hydrogen) atoms. The predicted octanol–water partition coefficient (Wildman–Crippen LogP) is 2.09. The zero-order chi connectivity index (χ0) is 22.2. The normalized spacial score (nSPS) is 19.1. The molecule has 0 saturated heterocycles. The Balaban J connectivity index is 1.63. The van der Waals surface area contributed by atoms with Gasteiger partial charge in [-0.25, -0.2) is 19.3 Å². The van der Waals surface area contributed by atoms with Crippen LogP contribution in [0.5, 0.6) is 0 Å². The number of nitrogens with zero attached hydrogens (tertiary/aromatic N) is 4. The number of nitrogens with one attached hydrogen (secondary N) is 1. The molecule has 1 saturated carbocycles. The lowest BCUT2D eigenvalue weighted by Gasteiger charge is -2.15. The van der Waals surface area contributed by atoms with Gasteiger partial charge >= 0.3 is 0 Å². The highest BCUT2D eigenvalue weighted by molar-refractivity contribution is 7.77. The van der Waals surface area contributed by atoms with E-state index in [9.17, 15) is 9.00 Å². The van der Waals surface area contributed by atoms with E-state index in [1.54, 1.807) is 16.9 Å². The van der Waals surface area contributed by atoms with Crippen molar-refractivity contribution in [3.8, 4) is 11.8 Å². The number of anilines is 1. The largest absolute Gasteiger partial charge is 0.367 e. The molecule has 2 heterocycles. The minimum Gasteiger partial charge on any atom is -0.367 e. The molecule has 0 amide bonds. The van der Waals surface area contributed by atoms with Crippen LogP contribution in [0.15, 0.2) is 24.8 Å². The van der Waals surface area contributed by atoms with E-state index in [1.165, 1.54) is 12.5 Å². The highest BCUT2D eigenvalue weighted by Gasteiger charge is 2.27. The van der Waals surface area contributed by atoms with Gasteiger partial charge < -0.3 is 5.32 Å². The molecule has 166 valence electrons. The molecule has 2 aromatic rings. The average Bonchev–Trinajstić information content (AvgIpc) is 3.39. The maximum absolute atomic E-state index is 13.0. The third-order valence-corrected chi connectivity index (χ3v) is 5.38. The summed E-state index contributed by atoms with van der Waals surface area (Å²) in [6.07, 6.45) is 8.14. The van der Waals surface area contributed by atoms with Crippen LogP contribution in [0.1, 0.15) is 55.6 Å². The number of ketones is 1. The molecule has 1 aliphatic rings. The minimum atomic E-state index is -1.75. The van der Waals surface area contributed by atoms with Gasteiger partial charge in [0.2, 0.25) is 17.0 Å². The molecular formula is C21H28N6O3S. The van der Waals surface area contributed by atoms with Crippen molar-refractivity contribution < 1.29 is 13.2 Å². The summed E-state index contributed by atoms with van der Waals surface area (Å²) in [5.41, 5.74) is 0.702. The van der Waals surface area contributed by atoms with Gasteiger partial charge in [-0.1, -0.05) is 19.8 Å². The van der Waals surface area contributed by atoms with Crippen molar-refractivity contribution in [2.45, 2.75) is 52.1 Å². The van der Waals surface area contributed by atoms with Crippen molar-refractivity contribution in [2.24, 2.45) is 17.0 Å². The lowest BCUT2D eigenvalue weighted by atomic mass is 10.1. The Morgan fingerprint density at radius 2 is 2.26 bits per heavy atom. The van der Waals surface area contributed by atoms with Crippen molar-refractivity contribution in [2.75, 3.05) is 11.9 Å². The van der Waals surface area contributed by atoms with Crippen LogP contribution < -0.4 is 10.5 Å². The van der Waals surface area contributed by atoms with Gasteiger partial charge in [0.25, 0.3) is 0 Å². The van der Waals surface area contributed by atoms with Crippen LogP contribution in [0.25, 0.3) is 0 Å². The van der Waals surface area contributed by atoms with Crippen LogP contribution in [0.2, 0.25) is 0 Å². The van der Waals surface area contributed by atoms with E-state index >= 15 is 0 Å². The van der Waals surface area contributed by atoms with E-state index in [4.69, 9.17) is 9.32 Å². The van der Waals surface area contributed by atoms with Gasteiger partial charge in [0, 0.05) is 24.9 Å². The SMILES string of the molecule is CC(C)CC#CCn1ccc(C(=O)c2cncnc2NC2CCC(COS(N)=O)C2)n1. The number of hydrogen-bond donors (Lipinski definition) is 2. The second-order valence-corrected chi connectivity index (χ2v) is 8.79. The van der Waals surface area contributed by atoms with Gasteiger partial charge in [0.1, 0.15) is 24.4 Å². The molecule has 2 aromatic heterocycles. The lowest BCUT2D eigenvalue weighted by molar-refractivity contribution is 0.103. The Kier molecular flexibility index (Phi) is 8.28. The molecule has 0 aliphatic heterocycles. The molecule has 0 radical (unpaired) electrons. The van der Waals surface area contributed by atoms with E-state index in [0.717, 1.165) is 25.7 Å². The summed E-state index contributed by atoms with van der Waals surface area (Å²) in [7, 11) is 0. The van der Waals surface area contributed by atoms with Crippen molar-refractivity contribution in [3.05, 3.63) is 36.0 Å². The number of nitrogens with two attached hydrogens (primary N) is 1. The molecule has 0 bridgehead atoms. The second-order valence-electron chi connectivity index (χ2n) is 8.03. The summed E-state index contributed by atoms with van der Waals surface area (Å²) in [5.74, 6) is 7.22. The summed E-state index contributed by atoms with van der Waals surface area (Å²) in [5, 5.41) is 12.8. The molecule has 1 fully saturated rings. The predicted molar refractivity (Wildman–Crippen MR) is 118 cm³/mol. The first-order valence-electron chi connectivity index (χ1n) is 10.3. The van der Waals surface area contributed by atoms with E-state index in [2.05, 4.69) is 46.1 Å². The summed E-state index contributed by atoms with van der Waals surface area (Å²) < 4.78 is 17.6. The highest BCUT2D eigenvalue weighted by atomic mass is 32.2. The topological polar surface area (TPSA) is 125 Å². The van der Waals surface area contributed by atoms with E-state index in [-0.39, 0.29) is 17.7 Å². The van der Waals surface area contributed by atoms with Crippen LogP contribution in [0.3, 0.4) is 0 Å². The molecule has 3 N–H and O–H groups in total. The van der Waals surface area contributed by atoms with Gasteiger partial charge in [-0.3, -0.25) is 13.7 Å². The standard InChI is InChI=1S/C21H28N6O3S/c1-15(2)5-3-4-9-27-10-8-19(26-27)20(28)18-12-23-14-24-21(18)25-17-7-6-16(11-17)13-30-31(22)29/h8,10,12,14-17H,5-7,9,11,13,22H2,1-2H3,(H,23,24,25). The molecule has 3 rings (SSSR count). The highest BCUT2D eigenvalue weighted by Crippen LogP contribution is 2.29. The zero-order valence-electron chi connectivity index (χ0n) is 17.8. The van der Waals surface area contributed by atoms with E-state index in [0.29, 0.717) is 36.1 Å². The minimum absolute atomic E-state index is 0.134. The third-order valence-electron chi connectivity index (χ3n) is 5.01. The molecule has 1 aliphatic carbocycles. The van der Waals surface area contributed by atoms with Gasteiger partial charge in [0.15, 0.2) is 0 Å². The number of aromatic nitrogens is 4. The number of hydrogen-bond acceptors (Lipinski definition) is 7. The molecule has 3 atom stereocenters. The van der Waals surface area contributed by atoms with Crippen LogP contribution in [0.4, 0.5) is 5.82 Å². The van der Waals surface area contributed by atoms with Crippen molar-refractivity contribution in [3.63, 3.8) is 0 Å². The van der Waals surface area contributed by atoms with Gasteiger partial charge in [-0.2, -0.15) is 5.10 Å². The fourth-order valence-corrected chi connectivity index (χ4v) is 3.77. The Labute approximate surface area is 185 Å². The smallest absolute Gasteiger partial charge is 0.231 e. The van der Waals surface area contributed by atoms with Crippen LogP contribution >= 0.6 is 0 Å². The first-order valence-corrected chi connectivity index (χ1v) is 11.5. The van der Waals surface area contributed by atoms with Crippen LogP contribution in [-0.2, 0) is 22.0 Å². The molecule has 0 aromatic carbocycles. The van der Waals surface area contributed by atoms with E-state index < -0.39 is 11.3 Å². The maximum atomic E-state index is 13.0. The molecule has 10 heteroatoms. The first kappa shape index (κ1) is 23.1. The number of carbonyl (C=O) groups is 1. The fourth-order valence-electron chi connectivity index (χ4n) is 3.45. The number of carbonyl (C=O) groups excluding carboxylic acids is 1. The summed E-state index contributed by atoms with van der Waals surface area (Å²) >= 11 is -1.75. The van der Waals surface area contributed by atoms with Gasteiger partial charge in [-0.05, 0) is 37.2 Å². The monoisotopic (exact) mass is 444 g/mol. The molecule has 9 nitrogen and oxygen atoms in total. The molecule has 3 unspecified atom stereocenters. The molecular weight excluding hydrogens is 416 g/mol. The Bertz CT molecular complexity index is 981. The van der Waals surface area contributed by atoms with Gasteiger partial charge in [0.05, 0.1) is 12.2 Å². The summed E-state index contributed by atoms with van der Waals surface area (Å²) in [4.78, 5) is 21.3.